The average Bonchev–Trinajstić information content (AvgIpc) is 2.82. The lowest BCUT2D eigenvalue weighted by atomic mass is 10.2. The lowest BCUT2D eigenvalue weighted by Gasteiger charge is -2.17. The number of fused-ring (bicyclic) bond motifs is 1. The van der Waals surface area contributed by atoms with E-state index in [0.29, 0.717) is 12.1 Å². The summed E-state index contributed by atoms with van der Waals surface area (Å²) >= 11 is 1.62. The zero-order valence-corrected chi connectivity index (χ0v) is 12.2. The summed E-state index contributed by atoms with van der Waals surface area (Å²) in [7, 11) is -2.07. The SMILES string of the molecule is CN(CCCO)S(=O)(=O)Nc1ccc2sccc2c1. The number of anilines is 1. The van der Waals surface area contributed by atoms with E-state index in [1.54, 1.807) is 17.4 Å². The zero-order chi connectivity index (χ0) is 13.9. The van der Waals surface area contributed by atoms with Crippen molar-refractivity contribution in [3.05, 3.63) is 29.6 Å². The fourth-order valence-electron chi connectivity index (χ4n) is 1.67. The molecule has 0 saturated carbocycles. The third-order valence-corrected chi connectivity index (χ3v) is 5.14. The molecule has 0 saturated heterocycles. The Balaban J connectivity index is 2.14. The molecule has 0 unspecified atom stereocenters. The third kappa shape index (κ3) is 3.44. The van der Waals surface area contributed by atoms with Crippen molar-refractivity contribution < 1.29 is 13.5 Å². The number of hydrogen-bond acceptors (Lipinski definition) is 4. The summed E-state index contributed by atoms with van der Waals surface area (Å²) in [5, 5.41) is 11.7. The summed E-state index contributed by atoms with van der Waals surface area (Å²) in [5.74, 6) is 0. The van der Waals surface area contributed by atoms with Crippen molar-refractivity contribution in [2.75, 3.05) is 24.9 Å². The van der Waals surface area contributed by atoms with Gasteiger partial charge in [-0.05, 0) is 41.5 Å². The highest BCUT2D eigenvalue weighted by atomic mass is 32.2. The van der Waals surface area contributed by atoms with Crippen molar-refractivity contribution in [3.8, 4) is 0 Å². The minimum Gasteiger partial charge on any atom is -0.396 e. The Bertz CT molecular complexity index is 652. The topological polar surface area (TPSA) is 69.6 Å². The molecule has 2 N–H and O–H groups in total. The molecule has 0 aliphatic carbocycles. The van der Waals surface area contributed by atoms with E-state index in [1.165, 1.54) is 11.4 Å². The van der Waals surface area contributed by atoms with E-state index in [9.17, 15) is 8.42 Å². The van der Waals surface area contributed by atoms with Crippen molar-refractivity contribution in [2.24, 2.45) is 0 Å². The molecular formula is C12H16N2O3S2. The number of nitrogens with one attached hydrogen (secondary N) is 1. The fraction of sp³-hybridized carbons (Fsp3) is 0.333. The molecule has 2 aromatic rings. The molecule has 19 heavy (non-hydrogen) atoms. The largest absolute Gasteiger partial charge is 0.396 e. The average molecular weight is 300 g/mol. The van der Waals surface area contributed by atoms with Crippen molar-refractivity contribution in [1.82, 2.24) is 4.31 Å². The van der Waals surface area contributed by atoms with Gasteiger partial charge < -0.3 is 5.11 Å². The first kappa shape index (κ1) is 14.3. The highest BCUT2D eigenvalue weighted by Gasteiger charge is 2.17. The molecule has 0 spiro atoms. The first-order valence-electron chi connectivity index (χ1n) is 5.85. The first-order valence-corrected chi connectivity index (χ1v) is 8.17. The predicted octanol–water partition coefficient (Wildman–Crippen LogP) is 1.87. The highest BCUT2D eigenvalue weighted by molar-refractivity contribution is 7.90. The summed E-state index contributed by atoms with van der Waals surface area (Å²) in [6.07, 6.45) is 0.418. The van der Waals surface area contributed by atoms with Crippen LogP contribution in [0.25, 0.3) is 10.1 Å². The molecule has 104 valence electrons. The van der Waals surface area contributed by atoms with E-state index >= 15 is 0 Å². The van der Waals surface area contributed by atoms with Gasteiger partial charge in [0.05, 0.1) is 5.69 Å². The zero-order valence-electron chi connectivity index (χ0n) is 10.5. The van der Waals surface area contributed by atoms with Crippen LogP contribution in [0.5, 0.6) is 0 Å². The van der Waals surface area contributed by atoms with Crippen LogP contribution in [0.15, 0.2) is 29.6 Å². The predicted molar refractivity (Wildman–Crippen MR) is 78.7 cm³/mol. The number of thiophene rings is 1. The second-order valence-electron chi connectivity index (χ2n) is 4.18. The Kier molecular flexibility index (Phi) is 4.41. The van der Waals surface area contributed by atoms with Crippen molar-refractivity contribution in [2.45, 2.75) is 6.42 Å². The minimum absolute atomic E-state index is 0.0271. The number of aliphatic hydroxyl groups is 1. The smallest absolute Gasteiger partial charge is 0.301 e. The van der Waals surface area contributed by atoms with Crippen molar-refractivity contribution in [1.29, 1.82) is 0 Å². The Morgan fingerprint density at radius 1 is 1.37 bits per heavy atom. The molecule has 1 aromatic heterocycles. The minimum atomic E-state index is -3.56. The molecule has 2 rings (SSSR count). The van der Waals surface area contributed by atoms with Crippen LogP contribution in [0.1, 0.15) is 6.42 Å². The number of nitrogens with zero attached hydrogens (tertiary/aromatic N) is 1. The highest BCUT2D eigenvalue weighted by Crippen LogP contribution is 2.24. The van der Waals surface area contributed by atoms with Crippen LogP contribution in [0.3, 0.4) is 0 Å². The lowest BCUT2D eigenvalue weighted by Crippen LogP contribution is -2.33. The lowest BCUT2D eigenvalue weighted by molar-refractivity contribution is 0.276. The van der Waals surface area contributed by atoms with Gasteiger partial charge in [-0.3, -0.25) is 4.72 Å². The molecule has 1 heterocycles. The van der Waals surface area contributed by atoms with Gasteiger partial charge in [0.1, 0.15) is 0 Å². The van der Waals surface area contributed by atoms with Gasteiger partial charge in [0.25, 0.3) is 0 Å². The van der Waals surface area contributed by atoms with Gasteiger partial charge in [-0.25, -0.2) is 0 Å². The van der Waals surface area contributed by atoms with Crippen LogP contribution in [-0.2, 0) is 10.2 Å². The van der Waals surface area contributed by atoms with E-state index in [2.05, 4.69) is 4.72 Å². The summed E-state index contributed by atoms with van der Waals surface area (Å²) in [6.45, 7) is 0.257. The van der Waals surface area contributed by atoms with Crippen LogP contribution in [0.4, 0.5) is 5.69 Å². The summed E-state index contributed by atoms with van der Waals surface area (Å²) in [5.41, 5.74) is 0.543. The van der Waals surface area contributed by atoms with Crippen LogP contribution < -0.4 is 4.72 Å². The van der Waals surface area contributed by atoms with Crippen LogP contribution in [-0.4, -0.2) is 38.0 Å². The monoisotopic (exact) mass is 300 g/mol. The maximum atomic E-state index is 12.0. The quantitative estimate of drug-likeness (QED) is 0.855. The van der Waals surface area contributed by atoms with E-state index < -0.39 is 10.2 Å². The molecule has 0 radical (unpaired) electrons. The van der Waals surface area contributed by atoms with Gasteiger partial charge in [0.15, 0.2) is 0 Å². The Labute approximate surface area is 116 Å². The van der Waals surface area contributed by atoms with Gasteiger partial charge >= 0.3 is 10.2 Å². The summed E-state index contributed by atoms with van der Waals surface area (Å²) in [4.78, 5) is 0. The van der Waals surface area contributed by atoms with E-state index in [0.717, 1.165) is 10.1 Å². The molecule has 0 aliphatic heterocycles. The van der Waals surface area contributed by atoms with Crippen LogP contribution >= 0.6 is 11.3 Å². The third-order valence-electron chi connectivity index (χ3n) is 2.74. The Morgan fingerprint density at radius 2 is 2.16 bits per heavy atom. The van der Waals surface area contributed by atoms with Crippen molar-refractivity contribution >= 4 is 37.3 Å². The maximum Gasteiger partial charge on any atom is 0.301 e. The van der Waals surface area contributed by atoms with Gasteiger partial charge in [0.2, 0.25) is 0 Å². The number of hydrogen-bond donors (Lipinski definition) is 2. The van der Waals surface area contributed by atoms with Gasteiger partial charge in [-0.15, -0.1) is 11.3 Å². The second-order valence-corrected chi connectivity index (χ2v) is 6.90. The van der Waals surface area contributed by atoms with E-state index in [-0.39, 0.29) is 13.2 Å². The molecule has 7 heteroatoms. The first-order chi connectivity index (χ1) is 9.03. The Morgan fingerprint density at radius 3 is 2.89 bits per heavy atom. The van der Waals surface area contributed by atoms with E-state index in [4.69, 9.17) is 5.11 Å². The molecule has 0 bridgehead atoms. The number of benzene rings is 1. The summed E-state index contributed by atoms with van der Waals surface area (Å²) < 4.78 is 28.9. The molecule has 0 amide bonds. The van der Waals surface area contributed by atoms with Gasteiger partial charge in [-0.2, -0.15) is 12.7 Å². The second kappa shape index (κ2) is 5.87. The molecule has 5 nitrogen and oxygen atoms in total. The van der Waals surface area contributed by atoms with Gasteiger partial charge in [0, 0.05) is 24.9 Å². The summed E-state index contributed by atoms with van der Waals surface area (Å²) in [6, 6.07) is 7.40. The molecule has 0 fully saturated rings. The standard InChI is InChI=1S/C12H16N2O3S2/c1-14(6-2-7-15)19(16,17)13-11-3-4-12-10(9-11)5-8-18-12/h3-5,8-9,13,15H,2,6-7H2,1H3. The molecule has 0 atom stereocenters. The normalized spacial score (nSPS) is 12.2. The number of rotatable bonds is 6. The molecule has 1 aromatic carbocycles. The van der Waals surface area contributed by atoms with Crippen LogP contribution in [0.2, 0.25) is 0 Å². The van der Waals surface area contributed by atoms with Gasteiger partial charge in [-0.1, -0.05) is 0 Å². The fourth-order valence-corrected chi connectivity index (χ4v) is 3.39. The molecular weight excluding hydrogens is 284 g/mol. The Hall–Kier alpha value is -1.15. The molecule has 0 aliphatic rings. The van der Waals surface area contributed by atoms with Crippen LogP contribution in [0, 0.1) is 0 Å². The van der Waals surface area contributed by atoms with Crippen molar-refractivity contribution in [3.63, 3.8) is 0 Å². The maximum absolute atomic E-state index is 12.0. The number of aliphatic hydroxyl groups excluding tert-OH is 1. The van der Waals surface area contributed by atoms with E-state index in [1.807, 2.05) is 23.6 Å².